The van der Waals surface area contributed by atoms with E-state index in [0.29, 0.717) is 11.4 Å². The van der Waals surface area contributed by atoms with Crippen molar-refractivity contribution in [3.05, 3.63) is 56.7 Å². The van der Waals surface area contributed by atoms with E-state index in [4.69, 9.17) is 21.4 Å². The molecule has 1 aromatic carbocycles. The molecule has 0 bridgehead atoms. The molecule has 0 saturated heterocycles. The van der Waals surface area contributed by atoms with Crippen molar-refractivity contribution in [2.75, 3.05) is 13.7 Å². The van der Waals surface area contributed by atoms with Gasteiger partial charge >= 0.3 is 11.9 Å². The second kappa shape index (κ2) is 20.1. The summed E-state index contributed by atoms with van der Waals surface area (Å²) in [5, 5.41) is 11.2. The molecule has 1 N–H and O–H groups in total. The van der Waals surface area contributed by atoms with Crippen molar-refractivity contribution in [2.24, 2.45) is 0 Å². The fourth-order valence-electron chi connectivity index (χ4n) is 5.07. The van der Waals surface area contributed by atoms with Crippen LogP contribution in [0.3, 0.4) is 0 Å². The highest BCUT2D eigenvalue weighted by molar-refractivity contribution is 7.10. The quantitative estimate of drug-likeness (QED) is 0.150. The third-order valence-corrected chi connectivity index (χ3v) is 8.69. The number of hydrogen-bond acceptors (Lipinski definition) is 5. The molecule has 0 spiro atoms. The number of thiophene rings is 1. The number of carboxylic acid groups (broad SMARTS) is 1. The predicted octanol–water partition coefficient (Wildman–Crippen LogP) is 9.23. The molecule has 218 valence electrons. The zero-order valence-corrected chi connectivity index (χ0v) is 25.5. The van der Waals surface area contributed by atoms with E-state index in [1.807, 2.05) is 24.3 Å². The van der Waals surface area contributed by atoms with E-state index in [9.17, 15) is 9.59 Å². The molecule has 0 unspecified atom stereocenters. The minimum Gasteiger partial charge on any atom is -0.481 e. The molecule has 39 heavy (non-hydrogen) atoms. The molecule has 2 heterocycles. The molecule has 2 aromatic rings. The van der Waals surface area contributed by atoms with Gasteiger partial charge in [0, 0.05) is 29.4 Å². The van der Waals surface area contributed by atoms with Gasteiger partial charge in [-0.05, 0) is 41.5 Å². The number of nitrogens with zero attached hydrogens (tertiary/aromatic N) is 1. The highest BCUT2D eigenvalue weighted by Crippen LogP contribution is 2.33. The van der Waals surface area contributed by atoms with Crippen molar-refractivity contribution < 1.29 is 19.4 Å². The first-order valence-electron chi connectivity index (χ1n) is 14.8. The topological polar surface area (TPSA) is 66.8 Å². The Morgan fingerprint density at radius 1 is 0.949 bits per heavy atom. The van der Waals surface area contributed by atoms with E-state index < -0.39 is 12.0 Å². The smallest absolute Gasteiger partial charge is 0.327 e. The van der Waals surface area contributed by atoms with Gasteiger partial charge in [-0.15, -0.1) is 11.3 Å². The minimum absolute atomic E-state index is 0.262. The lowest BCUT2D eigenvalue weighted by Gasteiger charge is -2.33. The number of carboxylic acids is 1. The Kier molecular flexibility index (Phi) is 17.1. The van der Waals surface area contributed by atoms with E-state index in [1.54, 1.807) is 11.3 Å². The number of fused-ring (bicyclic) bond motifs is 1. The maximum Gasteiger partial charge on any atom is 0.327 e. The summed E-state index contributed by atoms with van der Waals surface area (Å²) in [5.74, 6) is -0.917. The molecular formula is C32H48ClNO4S. The van der Waals surface area contributed by atoms with Crippen LogP contribution >= 0.6 is 22.9 Å². The summed E-state index contributed by atoms with van der Waals surface area (Å²) in [6, 6.07) is 9.16. The maximum atomic E-state index is 12.3. The predicted molar refractivity (Wildman–Crippen MR) is 163 cm³/mol. The van der Waals surface area contributed by atoms with Crippen LogP contribution in [-0.2, 0) is 27.3 Å². The van der Waals surface area contributed by atoms with Crippen molar-refractivity contribution >= 4 is 34.9 Å². The molecule has 0 fully saturated rings. The van der Waals surface area contributed by atoms with Gasteiger partial charge in [0.15, 0.2) is 0 Å². The first-order chi connectivity index (χ1) is 19.0. The third-order valence-electron chi connectivity index (χ3n) is 7.32. The summed E-state index contributed by atoms with van der Waals surface area (Å²) < 4.78 is 5.01. The number of hydrogen-bond donors (Lipinski definition) is 1. The number of ether oxygens (including phenoxy) is 1. The molecule has 0 amide bonds. The number of carbonyl (C=O) groups is 2. The van der Waals surface area contributed by atoms with Gasteiger partial charge in [-0.2, -0.15) is 0 Å². The summed E-state index contributed by atoms with van der Waals surface area (Å²) >= 11 is 8.07. The highest BCUT2D eigenvalue weighted by atomic mass is 35.5. The first kappa shape index (κ1) is 33.3. The average Bonchev–Trinajstić information content (AvgIpc) is 3.41. The van der Waals surface area contributed by atoms with Crippen LogP contribution in [-0.4, -0.2) is 35.6 Å². The summed E-state index contributed by atoms with van der Waals surface area (Å²) in [6.45, 7) is 3.85. The largest absolute Gasteiger partial charge is 0.481 e. The second-order valence-corrected chi connectivity index (χ2v) is 11.8. The fraction of sp³-hybridized carbons (Fsp3) is 0.625. The lowest BCUT2D eigenvalue weighted by Crippen LogP contribution is -2.38. The zero-order chi connectivity index (χ0) is 28.3. The van der Waals surface area contributed by atoms with Crippen molar-refractivity contribution in [2.45, 2.75) is 116 Å². The number of rotatable bonds is 17. The first-order valence-corrected chi connectivity index (χ1v) is 16.1. The van der Waals surface area contributed by atoms with E-state index in [0.717, 1.165) is 37.9 Å². The summed E-state index contributed by atoms with van der Waals surface area (Å²) in [4.78, 5) is 26.1. The van der Waals surface area contributed by atoms with Crippen LogP contribution < -0.4 is 0 Å². The van der Waals surface area contributed by atoms with Gasteiger partial charge in [0.25, 0.3) is 0 Å². The molecule has 1 aromatic heterocycles. The lowest BCUT2D eigenvalue weighted by molar-refractivity contribution is -0.147. The summed E-state index contributed by atoms with van der Waals surface area (Å²) in [6.07, 6.45) is 18.2. The molecule has 1 aliphatic heterocycles. The Morgan fingerprint density at radius 3 is 2.10 bits per heavy atom. The molecule has 0 radical (unpaired) electrons. The highest BCUT2D eigenvalue weighted by Gasteiger charge is 2.32. The van der Waals surface area contributed by atoms with Crippen LogP contribution in [0.5, 0.6) is 0 Å². The van der Waals surface area contributed by atoms with Crippen molar-refractivity contribution in [3.63, 3.8) is 0 Å². The van der Waals surface area contributed by atoms with Gasteiger partial charge in [-0.25, -0.2) is 4.79 Å². The number of methoxy groups -OCH3 is 1. The average molecular weight is 578 g/mol. The van der Waals surface area contributed by atoms with Crippen LogP contribution in [0.15, 0.2) is 35.7 Å². The standard InChI is InChI=1S/C16H16ClNO2S.C16H32O2/c1-20-16(19)15(12-4-2-3-5-13(12)17)18-8-6-14-11(10-18)7-9-21-14;1-2-3-4-5-6-7-8-9-10-11-12-13-14-15-16(17)18/h2-5,7,9,15H,6,8,10H2,1H3;2-15H2,1H3,(H,17,18)/t15-;/m1./s1. The summed E-state index contributed by atoms with van der Waals surface area (Å²) in [7, 11) is 1.42. The molecule has 0 saturated carbocycles. The minimum atomic E-state index is -0.655. The Balaban J connectivity index is 0.000000278. The Morgan fingerprint density at radius 2 is 1.54 bits per heavy atom. The SMILES string of the molecule is CCCCCCCCCCCCCCCC(=O)O.COC(=O)[C@@H](c1ccccc1Cl)N1CCc2sccc2C1. The number of unbranched alkanes of at least 4 members (excludes halogenated alkanes) is 12. The second-order valence-electron chi connectivity index (χ2n) is 10.4. The van der Waals surface area contributed by atoms with Crippen LogP contribution in [0.4, 0.5) is 0 Å². The van der Waals surface area contributed by atoms with E-state index in [-0.39, 0.29) is 5.97 Å². The normalized spacial score (nSPS) is 13.7. The van der Waals surface area contributed by atoms with Gasteiger partial charge in [0.05, 0.1) is 7.11 Å². The Hall–Kier alpha value is -1.89. The molecule has 7 heteroatoms. The monoisotopic (exact) mass is 577 g/mol. The number of carbonyl (C=O) groups excluding carboxylic acids is 1. The fourth-order valence-corrected chi connectivity index (χ4v) is 6.19. The molecular weight excluding hydrogens is 530 g/mol. The number of benzene rings is 1. The molecule has 0 aliphatic carbocycles. The number of halogens is 1. The van der Waals surface area contributed by atoms with Gasteiger partial charge in [-0.1, -0.05) is 114 Å². The van der Waals surface area contributed by atoms with Crippen LogP contribution in [0.1, 0.15) is 119 Å². The molecule has 3 rings (SSSR count). The van der Waals surface area contributed by atoms with Crippen molar-refractivity contribution in [3.8, 4) is 0 Å². The lowest BCUT2D eigenvalue weighted by atomic mass is 10.0. The molecule has 5 nitrogen and oxygen atoms in total. The van der Waals surface area contributed by atoms with Crippen LogP contribution in [0.2, 0.25) is 5.02 Å². The Labute approximate surface area is 244 Å². The van der Waals surface area contributed by atoms with E-state index in [1.165, 1.54) is 88.2 Å². The number of aliphatic carboxylic acids is 1. The summed E-state index contributed by atoms with van der Waals surface area (Å²) in [5.41, 5.74) is 2.11. The molecule has 1 aliphatic rings. The van der Waals surface area contributed by atoms with E-state index >= 15 is 0 Å². The zero-order valence-electron chi connectivity index (χ0n) is 24.0. The molecule has 1 atom stereocenters. The van der Waals surface area contributed by atoms with Gasteiger partial charge < -0.3 is 9.84 Å². The van der Waals surface area contributed by atoms with Crippen molar-refractivity contribution in [1.29, 1.82) is 0 Å². The van der Waals surface area contributed by atoms with Crippen LogP contribution in [0.25, 0.3) is 0 Å². The van der Waals surface area contributed by atoms with Gasteiger partial charge in [0.2, 0.25) is 0 Å². The van der Waals surface area contributed by atoms with Gasteiger partial charge in [0.1, 0.15) is 6.04 Å². The third kappa shape index (κ3) is 12.9. The number of esters is 1. The maximum absolute atomic E-state index is 12.3. The Bertz CT molecular complexity index is 963. The van der Waals surface area contributed by atoms with E-state index in [2.05, 4.69) is 23.3 Å². The van der Waals surface area contributed by atoms with Gasteiger partial charge in [-0.3, -0.25) is 9.69 Å². The van der Waals surface area contributed by atoms with Crippen LogP contribution in [0, 0.1) is 0 Å². The van der Waals surface area contributed by atoms with Crippen molar-refractivity contribution in [1.82, 2.24) is 4.90 Å².